The van der Waals surface area contributed by atoms with Crippen molar-refractivity contribution < 1.29 is 0 Å². The Morgan fingerprint density at radius 1 is 1.33 bits per heavy atom. The van der Waals surface area contributed by atoms with E-state index in [4.69, 9.17) is 11.6 Å². The van der Waals surface area contributed by atoms with Gasteiger partial charge < -0.3 is 0 Å². The number of fused-ring (bicyclic) bond motifs is 1. The van der Waals surface area contributed by atoms with E-state index in [1.807, 2.05) is 24.4 Å². The van der Waals surface area contributed by atoms with Crippen molar-refractivity contribution in [2.75, 3.05) is 0 Å². The maximum Gasteiger partial charge on any atom is 0.0702 e. The average molecular weight is 220 g/mol. The summed E-state index contributed by atoms with van der Waals surface area (Å²) in [6, 6.07) is 10.2. The lowest BCUT2D eigenvalue weighted by atomic mass is 10.1. The molecule has 2 heteroatoms. The van der Waals surface area contributed by atoms with Crippen LogP contribution >= 0.6 is 11.6 Å². The van der Waals surface area contributed by atoms with Gasteiger partial charge in [0.1, 0.15) is 0 Å². The standard InChI is InChI=1S/C13H14ClN/c1-2-5-12(14)11-8-10-6-3-4-7-13(10)15-9-11/h3-4,6-9,12H,2,5H2,1H3. The number of aromatic nitrogens is 1. The molecule has 0 aliphatic rings. The minimum absolute atomic E-state index is 0.0899. The van der Waals surface area contributed by atoms with Gasteiger partial charge in [-0.25, -0.2) is 0 Å². The Hall–Kier alpha value is -1.08. The third kappa shape index (κ3) is 2.29. The van der Waals surface area contributed by atoms with E-state index in [0.29, 0.717) is 0 Å². The van der Waals surface area contributed by atoms with Crippen LogP contribution in [0.1, 0.15) is 30.7 Å². The molecule has 1 heterocycles. The zero-order valence-electron chi connectivity index (χ0n) is 8.78. The van der Waals surface area contributed by atoms with Crippen LogP contribution in [-0.2, 0) is 0 Å². The van der Waals surface area contributed by atoms with Crippen LogP contribution in [0.25, 0.3) is 10.9 Å². The molecule has 1 aromatic carbocycles. The predicted molar refractivity (Wildman–Crippen MR) is 65.2 cm³/mol. The number of pyridine rings is 1. The van der Waals surface area contributed by atoms with E-state index < -0.39 is 0 Å². The molecule has 1 aromatic heterocycles. The molecule has 0 N–H and O–H groups in total. The number of alkyl halides is 1. The van der Waals surface area contributed by atoms with Gasteiger partial charge in [0.05, 0.1) is 10.9 Å². The van der Waals surface area contributed by atoms with E-state index >= 15 is 0 Å². The fourth-order valence-electron chi connectivity index (χ4n) is 1.68. The van der Waals surface area contributed by atoms with Gasteiger partial charge in [0.2, 0.25) is 0 Å². The Bertz CT molecular complexity index is 453. The first kappa shape index (κ1) is 10.4. The molecule has 0 fully saturated rings. The van der Waals surface area contributed by atoms with E-state index in [0.717, 1.165) is 29.3 Å². The smallest absolute Gasteiger partial charge is 0.0702 e. The van der Waals surface area contributed by atoms with E-state index in [1.54, 1.807) is 0 Å². The fourth-order valence-corrected chi connectivity index (χ4v) is 2.02. The number of hydrogen-bond donors (Lipinski definition) is 0. The van der Waals surface area contributed by atoms with Gasteiger partial charge in [-0.3, -0.25) is 4.98 Å². The van der Waals surface area contributed by atoms with Crippen LogP contribution in [0.5, 0.6) is 0 Å². The Morgan fingerprint density at radius 3 is 2.93 bits per heavy atom. The molecule has 0 bridgehead atoms. The second-order valence-corrected chi connectivity index (χ2v) is 4.24. The second-order valence-electron chi connectivity index (χ2n) is 3.72. The lowest BCUT2D eigenvalue weighted by molar-refractivity contribution is 0.769. The van der Waals surface area contributed by atoms with E-state index in [1.165, 1.54) is 0 Å². The fraction of sp³-hybridized carbons (Fsp3) is 0.308. The Balaban J connectivity index is 2.38. The number of nitrogens with zero attached hydrogens (tertiary/aromatic N) is 1. The van der Waals surface area contributed by atoms with Crippen LogP contribution in [0.4, 0.5) is 0 Å². The molecule has 0 aliphatic carbocycles. The SMILES string of the molecule is CCCC(Cl)c1cnc2ccccc2c1. The summed E-state index contributed by atoms with van der Waals surface area (Å²) >= 11 is 6.27. The van der Waals surface area contributed by atoms with Gasteiger partial charge in [0.15, 0.2) is 0 Å². The summed E-state index contributed by atoms with van der Waals surface area (Å²) in [4.78, 5) is 4.40. The largest absolute Gasteiger partial charge is 0.256 e. The first-order chi connectivity index (χ1) is 7.31. The van der Waals surface area contributed by atoms with Gasteiger partial charge >= 0.3 is 0 Å². The summed E-state index contributed by atoms with van der Waals surface area (Å²) in [7, 11) is 0. The van der Waals surface area contributed by atoms with Crippen LogP contribution in [0, 0.1) is 0 Å². The number of rotatable bonds is 3. The van der Waals surface area contributed by atoms with Gasteiger partial charge in [0.25, 0.3) is 0 Å². The van der Waals surface area contributed by atoms with Gasteiger partial charge in [-0.05, 0) is 24.1 Å². The summed E-state index contributed by atoms with van der Waals surface area (Å²) < 4.78 is 0. The third-order valence-corrected chi connectivity index (χ3v) is 2.99. The molecular weight excluding hydrogens is 206 g/mol. The van der Waals surface area contributed by atoms with Crippen molar-refractivity contribution in [3.05, 3.63) is 42.1 Å². The quantitative estimate of drug-likeness (QED) is 0.701. The minimum Gasteiger partial charge on any atom is -0.256 e. The highest BCUT2D eigenvalue weighted by atomic mass is 35.5. The average Bonchev–Trinajstić information content (AvgIpc) is 2.29. The first-order valence-corrected chi connectivity index (χ1v) is 5.73. The van der Waals surface area contributed by atoms with Crippen molar-refractivity contribution in [2.45, 2.75) is 25.1 Å². The molecule has 2 aromatic rings. The third-order valence-electron chi connectivity index (χ3n) is 2.52. The number of halogens is 1. The maximum absolute atomic E-state index is 6.27. The monoisotopic (exact) mass is 219 g/mol. The number of para-hydroxylation sites is 1. The Labute approximate surface area is 95.1 Å². The molecule has 0 amide bonds. The first-order valence-electron chi connectivity index (χ1n) is 5.30. The van der Waals surface area contributed by atoms with Crippen molar-refractivity contribution in [1.29, 1.82) is 0 Å². The van der Waals surface area contributed by atoms with Crippen molar-refractivity contribution >= 4 is 22.5 Å². The lowest BCUT2D eigenvalue weighted by Gasteiger charge is -2.08. The van der Waals surface area contributed by atoms with Crippen molar-refractivity contribution in [2.24, 2.45) is 0 Å². The second kappa shape index (κ2) is 4.63. The van der Waals surface area contributed by atoms with Crippen LogP contribution in [-0.4, -0.2) is 4.98 Å². The zero-order chi connectivity index (χ0) is 10.7. The Morgan fingerprint density at radius 2 is 2.13 bits per heavy atom. The summed E-state index contributed by atoms with van der Waals surface area (Å²) in [5.41, 5.74) is 2.15. The minimum atomic E-state index is 0.0899. The molecule has 0 spiro atoms. The van der Waals surface area contributed by atoms with Gasteiger partial charge in [-0.15, -0.1) is 11.6 Å². The highest BCUT2D eigenvalue weighted by molar-refractivity contribution is 6.20. The van der Waals surface area contributed by atoms with Crippen molar-refractivity contribution in [3.63, 3.8) is 0 Å². The molecule has 0 saturated carbocycles. The highest BCUT2D eigenvalue weighted by Crippen LogP contribution is 2.26. The summed E-state index contributed by atoms with van der Waals surface area (Å²) in [6.45, 7) is 2.14. The van der Waals surface area contributed by atoms with Crippen LogP contribution in [0.2, 0.25) is 0 Å². The van der Waals surface area contributed by atoms with Gasteiger partial charge in [-0.1, -0.05) is 31.5 Å². The van der Waals surface area contributed by atoms with Gasteiger partial charge in [-0.2, -0.15) is 0 Å². The maximum atomic E-state index is 6.27. The summed E-state index contributed by atoms with van der Waals surface area (Å²) in [5, 5.41) is 1.25. The summed E-state index contributed by atoms with van der Waals surface area (Å²) in [5.74, 6) is 0. The topological polar surface area (TPSA) is 12.9 Å². The predicted octanol–water partition coefficient (Wildman–Crippen LogP) is 4.31. The van der Waals surface area contributed by atoms with Crippen LogP contribution in [0.3, 0.4) is 0 Å². The normalized spacial score (nSPS) is 12.9. The lowest BCUT2D eigenvalue weighted by Crippen LogP contribution is -1.91. The zero-order valence-corrected chi connectivity index (χ0v) is 9.54. The van der Waals surface area contributed by atoms with E-state index in [2.05, 4.69) is 24.0 Å². The molecule has 1 atom stereocenters. The molecule has 1 nitrogen and oxygen atoms in total. The molecule has 78 valence electrons. The Kier molecular flexibility index (Phi) is 3.22. The van der Waals surface area contributed by atoms with Crippen LogP contribution in [0.15, 0.2) is 36.5 Å². The van der Waals surface area contributed by atoms with Crippen molar-refractivity contribution in [1.82, 2.24) is 4.98 Å². The number of benzene rings is 1. The molecular formula is C13H14ClN. The highest BCUT2D eigenvalue weighted by Gasteiger charge is 2.07. The van der Waals surface area contributed by atoms with Gasteiger partial charge in [0, 0.05) is 11.6 Å². The molecule has 0 radical (unpaired) electrons. The molecule has 2 rings (SSSR count). The molecule has 0 saturated heterocycles. The molecule has 0 aliphatic heterocycles. The van der Waals surface area contributed by atoms with Crippen LogP contribution < -0.4 is 0 Å². The van der Waals surface area contributed by atoms with E-state index in [-0.39, 0.29) is 5.38 Å². The summed E-state index contributed by atoms with van der Waals surface area (Å²) in [6.07, 6.45) is 3.98. The molecule has 15 heavy (non-hydrogen) atoms. The number of hydrogen-bond acceptors (Lipinski definition) is 1. The van der Waals surface area contributed by atoms with E-state index in [9.17, 15) is 0 Å². The molecule has 1 unspecified atom stereocenters. The van der Waals surface area contributed by atoms with Crippen molar-refractivity contribution in [3.8, 4) is 0 Å².